The van der Waals surface area contributed by atoms with Gasteiger partial charge in [-0.3, -0.25) is 5.32 Å². The lowest BCUT2D eigenvalue weighted by Crippen LogP contribution is -2.31. The quantitative estimate of drug-likeness (QED) is 0.801. The molecule has 3 heterocycles. The summed E-state index contributed by atoms with van der Waals surface area (Å²) in [6.45, 7) is 2.33. The lowest BCUT2D eigenvalue weighted by atomic mass is 10.2. The molecule has 0 unspecified atom stereocenters. The van der Waals surface area contributed by atoms with Crippen molar-refractivity contribution in [3.05, 3.63) is 48.0 Å². The van der Waals surface area contributed by atoms with Crippen LogP contribution in [-0.2, 0) is 6.54 Å². The van der Waals surface area contributed by atoms with Gasteiger partial charge in [0.25, 0.3) is 5.95 Å². The standard InChI is InChI=1S/C14H15N5O2/c1-10-11(6-8-21-10)9-18(2)14(20)16-13-15-12-5-3-4-7-19(12)17-13/h3-8H,9H2,1-2H3,(H,16,17,20). The molecule has 21 heavy (non-hydrogen) atoms. The first-order valence-corrected chi connectivity index (χ1v) is 6.50. The van der Waals surface area contributed by atoms with Gasteiger partial charge in [-0.1, -0.05) is 6.07 Å². The molecule has 7 heteroatoms. The number of anilines is 1. The van der Waals surface area contributed by atoms with Gasteiger partial charge in [-0.2, -0.15) is 4.98 Å². The summed E-state index contributed by atoms with van der Waals surface area (Å²) in [5, 5.41) is 6.85. The van der Waals surface area contributed by atoms with E-state index in [4.69, 9.17) is 4.42 Å². The third kappa shape index (κ3) is 2.71. The summed E-state index contributed by atoms with van der Waals surface area (Å²) < 4.78 is 6.82. The van der Waals surface area contributed by atoms with Crippen molar-refractivity contribution in [3.8, 4) is 0 Å². The van der Waals surface area contributed by atoms with E-state index in [9.17, 15) is 4.79 Å². The molecule has 0 fully saturated rings. The number of carbonyl (C=O) groups is 1. The maximum absolute atomic E-state index is 12.1. The van der Waals surface area contributed by atoms with E-state index in [-0.39, 0.29) is 12.0 Å². The Balaban J connectivity index is 1.69. The molecule has 3 aromatic heterocycles. The molecule has 108 valence electrons. The Kier molecular flexibility index (Phi) is 3.31. The predicted molar refractivity (Wildman–Crippen MR) is 76.9 cm³/mol. The van der Waals surface area contributed by atoms with Gasteiger partial charge in [0.2, 0.25) is 0 Å². The Morgan fingerprint density at radius 2 is 2.29 bits per heavy atom. The van der Waals surface area contributed by atoms with Crippen molar-refractivity contribution in [1.29, 1.82) is 0 Å². The zero-order chi connectivity index (χ0) is 14.8. The van der Waals surface area contributed by atoms with Crippen molar-refractivity contribution in [2.24, 2.45) is 0 Å². The van der Waals surface area contributed by atoms with Gasteiger partial charge >= 0.3 is 6.03 Å². The van der Waals surface area contributed by atoms with Crippen molar-refractivity contribution >= 4 is 17.6 Å². The van der Waals surface area contributed by atoms with E-state index in [2.05, 4.69) is 15.4 Å². The first kappa shape index (κ1) is 13.2. The summed E-state index contributed by atoms with van der Waals surface area (Å²) in [6, 6.07) is 7.11. The summed E-state index contributed by atoms with van der Waals surface area (Å²) in [5.74, 6) is 1.09. The normalized spacial score (nSPS) is 10.8. The van der Waals surface area contributed by atoms with E-state index in [1.165, 1.54) is 0 Å². The Hall–Kier alpha value is -2.83. The molecule has 0 radical (unpaired) electrons. The van der Waals surface area contributed by atoms with E-state index >= 15 is 0 Å². The third-order valence-electron chi connectivity index (χ3n) is 3.18. The fraction of sp³-hybridized carbons (Fsp3) is 0.214. The maximum atomic E-state index is 12.1. The summed E-state index contributed by atoms with van der Waals surface area (Å²) in [7, 11) is 1.71. The highest BCUT2D eigenvalue weighted by atomic mass is 16.3. The highest BCUT2D eigenvalue weighted by molar-refractivity contribution is 5.87. The first-order chi connectivity index (χ1) is 10.1. The number of fused-ring (bicyclic) bond motifs is 1. The summed E-state index contributed by atoms with van der Waals surface area (Å²) in [6.07, 6.45) is 3.39. The number of nitrogens with zero attached hydrogens (tertiary/aromatic N) is 4. The van der Waals surface area contributed by atoms with Crippen LogP contribution in [-0.4, -0.2) is 32.6 Å². The van der Waals surface area contributed by atoms with Crippen LogP contribution < -0.4 is 5.32 Å². The second-order valence-corrected chi connectivity index (χ2v) is 4.73. The lowest BCUT2D eigenvalue weighted by molar-refractivity contribution is 0.220. The van der Waals surface area contributed by atoms with E-state index in [1.807, 2.05) is 31.2 Å². The number of urea groups is 1. The molecule has 0 saturated carbocycles. The van der Waals surface area contributed by atoms with Crippen molar-refractivity contribution in [2.75, 3.05) is 12.4 Å². The van der Waals surface area contributed by atoms with Gasteiger partial charge in [0.05, 0.1) is 12.8 Å². The fourth-order valence-corrected chi connectivity index (χ4v) is 1.98. The molecule has 0 bridgehead atoms. The minimum atomic E-state index is -0.272. The van der Waals surface area contributed by atoms with Crippen LogP contribution >= 0.6 is 0 Å². The summed E-state index contributed by atoms with van der Waals surface area (Å²) >= 11 is 0. The van der Waals surface area contributed by atoms with Gasteiger partial charge < -0.3 is 9.32 Å². The first-order valence-electron chi connectivity index (χ1n) is 6.50. The van der Waals surface area contributed by atoms with Crippen LogP contribution in [0.4, 0.5) is 10.7 Å². The van der Waals surface area contributed by atoms with E-state index in [0.717, 1.165) is 11.3 Å². The van der Waals surface area contributed by atoms with Crippen molar-refractivity contribution < 1.29 is 9.21 Å². The van der Waals surface area contributed by atoms with Gasteiger partial charge in [-0.25, -0.2) is 9.31 Å². The molecule has 0 atom stereocenters. The summed E-state index contributed by atoms with van der Waals surface area (Å²) in [4.78, 5) is 17.9. The topological polar surface area (TPSA) is 75.7 Å². The second-order valence-electron chi connectivity index (χ2n) is 4.73. The van der Waals surface area contributed by atoms with Crippen LogP contribution in [0.2, 0.25) is 0 Å². The van der Waals surface area contributed by atoms with E-state index in [1.54, 1.807) is 28.9 Å². The molecule has 2 amide bonds. The van der Waals surface area contributed by atoms with Crippen LogP contribution in [0, 0.1) is 6.92 Å². The van der Waals surface area contributed by atoms with Crippen LogP contribution in [0.15, 0.2) is 41.1 Å². The Labute approximate surface area is 121 Å². The largest absolute Gasteiger partial charge is 0.469 e. The molecular weight excluding hydrogens is 270 g/mol. The van der Waals surface area contributed by atoms with Crippen LogP contribution in [0.1, 0.15) is 11.3 Å². The summed E-state index contributed by atoms with van der Waals surface area (Å²) in [5.41, 5.74) is 1.65. The van der Waals surface area contributed by atoms with Gasteiger partial charge in [-0.05, 0) is 25.1 Å². The van der Waals surface area contributed by atoms with Gasteiger partial charge in [-0.15, -0.1) is 5.10 Å². The van der Waals surface area contributed by atoms with Crippen LogP contribution in [0.25, 0.3) is 5.65 Å². The van der Waals surface area contributed by atoms with Crippen LogP contribution in [0.5, 0.6) is 0 Å². The molecule has 0 spiro atoms. The number of furan rings is 1. The predicted octanol–water partition coefficient (Wildman–Crippen LogP) is 2.29. The maximum Gasteiger partial charge on any atom is 0.324 e. The minimum Gasteiger partial charge on any atom is -0.469 e. The molecule has 3 aromatic rings. The minimum absolute atomic E-state index is 0.272. The number of pyridine rings is 1. The lowest BCUT2D eigenvalue weighted by Gasteiger charge is -2.16. The molecule has 0 saturated heterocycles. The van der Waals surface area contributed by atoms with Crippen LogP contribution in [0.3, 0.4) is 0 Å². The van der Waals surface area contributed by atoms with Crippen molar-refractivity contribution in [3.63, 3.8) is 0 Å². The second kappa shape index (κ2) is 5.28. The number of amides is 2. The molecule has 0 aliphatic heterocycles. The highest BCUT2D eigenvalue weighted by Gasteiger charge is 2.14. The zero-order valence-electron chi connectivity index (χ0n) is 11.8. The number of hydrogen-bond donors (Lipinski definition) is 1. The van der Waals surface area contributed by atoms with Gasteiger partial charge in [0.15, 0.2) is 5.65 Å². The number of hydrogen-bond acceptors (Lipinski definition) is 4. The Bertz CT molecular complexity index is 743. The Morgan fingerprint density at radius 1 is 1.43 bits per heavy atom. The molecule has 7 nitrogen and oxygen atoms in total. The highest BCUT2D eigenvalue weighted by Crippen LogP contribution is 2.12. The monoisotopic (exact) mass is 285 g/mol. The molecular formula is C14H15N5O2. The fourth-order valence-electron chi connectivity index (χ4n) is 1.98. The SMILES string of the molecule is Cc1occc1CN(C)C(=O)Nc1nc2ccccn2n1. The molecule has 3 rings (SSSR count). The molecule has 1 N–H and O–H groups in total. The number of nitrogens with one attached hydrogen (secondary N) is 1. The number of carbonyl (C=O) groups excluding carboxylic acids is 1. The van der Waals surface area contributed by atoms with Crippen molar-refractivity contribution in [1.82, 2.24) is 19.5 Å². The number of rotatable bonds is 3. The van der Waals surface area contributed by atoms with Gasteiger partial charge in [0.1, 0.15) is 5.76 Å². The smallest absolute Gasteiger partial charge is 0.324 e. The van der Waals surface area contributed by atoms with E-state index in [0.29, 0.717) is 12.2 Å². The van der Waals surface area contributed by atoms with Crippen molar-refractivity contribution in [2.45, 2.75) is 13.5 Å². The van der Waals surface area contributed by atoms with Gasteiger partial charge in [0, 0.05) is 18.8 Å². The zero-order valence-corrected chi connectivity index (χ0v) is 11.8. The average Bonchev–Trinajstić information content (AvgIpc) is 3.04. The molecule has 0 aromatic carbocycles. The Morgan fingerprint density at radius 3 is 3.00 bits per heavy atom. The average molecular weight is 285 g/mol. The molecule has 0 aliphatic rings. The third-order valence-corrected chi connectivity index (χ3v) is 3.18. The number of aromatic nitrogens is 3. The van der Waals surface area contributed by atoms with E-state index < -0.39 is 0 Å². The molecule has 0 aliphatic carbocycles. The number of aryl methyl sites for hydroxylation is 1.